The first kappa shape index (κ1) is 22.7. The van der Waals surface area contributed by atoms with Gasteiger partial charge in [0.1, 0.15) is 12.4 Å². The number of nitrogens with zero attached hydrogens (tertiary/aromatic N) is 1. The van der Waals surface area contributed by atoms with Crippen molar-refractivity contribution in [3.05, 3.63) is 138 Å². The molecule has 2 nitrogen and oxygen atoms in total. The Kier molecular flexibility index (Phi) is 6.81. The van der Waals surface area contributed by atoms with E-state index in [0.29, 0.717) is 6.61 Å². The second-order valence-electron chi connectivity index (χ2n) is 8.99. The smallest absolute Gasteiger partial charge is 0.119 e. The molecule has 0 spiro atoms. The molecule has 5 aromatic rings. The molecule has 2 heteroatoms. The summed E-state index contributed by atoms with van der Waals surface area (Å²) in [5, 5.41) is 0. The largest absolute Gasteiger partial charge is 0.489 e. The van der Waals surface area contributed by atoms with Gasteiger partial charge in [-0.15, -0.1) is 0 Å². The van der Waals surface area contributed by atoms with Gasteiger partial charge in [0.15, 0.2) is 0 Å². The Balaban J connectivity index is 1.29. The highest BCUT2D eigenvalue weighted by Gasteiger charge is 2.09. The Bertz CT molecular complexity index is 1360. The fourth-order valence-electron chi connectivity index (χ4n) is 4.41. The van der Waals surface area contributed by atoms with E-state index in [0.717, 1.165) is 18.7 Å². The zero-order valence-electron chi connectivity index (χ0n) is 20.4. The van der Waals surface area contributed by atoms with Crippen LogP contribution in [0, 0.1) is 6.92 Å². The van der Waals surface area contributed by atoms with Gasteiger partial charge in [-0.3, -0.25) is 0 Å². The molecule has 35 heavy (non-hydrogen) atoms. The average Bonchev–Trinajstić information content (AvgIpc) is 3.28. The van der Waals surface area contributed by atoms with E-state index in [2.05, 4.69) is 115 Å². The molecular weight excluding hydrogens is 426 g/mol. The molecule has 0 aliphatic carbocycles. The van der Waals surface area contributed by atoms with Crippen molar-refractivity contribution >= 4 is 0 Å². The summed E-state index contributed by atoms with van der Waals surface area (Å²) in [5.74, 6) is 0.884. The van der Waals surface area contributed by atoms with Crippen LogP contribution in [-0.4, -0.2) is 4.57 Å². The summed E-state index contributed by atoms with van der Waals surface area (Å²) in [6.45, 7) is 5.78. The van der Waals surface area contributed by atoms with Crippen LogP contribution in [0.5, 0.6) is 5.75 Å². The third kappa shape index (κ3) is 5.38. The van der Waals surface area contributed by atoms with Gasteiger partial charge in [0.2, 0.25) is 0 Å². The van der Waals surface area contributed by atoms with Gasteiger partial charge in [0.05, 0.1) is 0 Å². The van der Waals surface area contributed by atoms with Crippen molar-refractivity contribution < 1.29 is 4.74 Å². The highest BCUT2D eigenvalue weighted by molar-refractivity contribution is 5.64. The third-order valence-electron chi connectivity index (χ3n) is 6.59. The Morgan fingerprint density at radius 1 is 0.571 bits per heavy atom. The van der Waals surface area contributed by atoms with Gasteiger partial charge in [-0.25, -0.2) is 0 Å². The molecule has 0 saturated carbocycles. The minimum absolute atomic E-state index is 0.578. The summed E-state index contributed by atoms with van der Waals surface area (Å²) in [5.41, 5.74) is 10.0. The molecule has 0 N–H and O–H groups in total. The summed E-state index contributed by atoms with van der Waals surface area (Å²) < 4.78 is 8.35. The van der Waals surface area contributed by atoms with Crippen LogP contribution in [0.4, 0.5) is 0 Å². The summed E-state index contributed by atoms with van der Waals surface area (Å²) in [7, 11) is 0. The number of rotatable bonds is 8. The maximum Gasteiger partial charge on any atom is 0.119 e. The van der Waals surface area contributed by atoms with Crippen LogP contribution in [0.1, 0.15) is 29.3 Å². The molecular formula is C33H31NO. The first-order valence-corrected chi connectivity index (χ1v) is 12.3. The molecule has 0 amide bonds. The Morgan fingerprint density at radius 3 is 1.80 bits per heavy atom. The molecule has 0 bridgehead atoms. The first-order valence-electron chi connectivity index (χ1n) is 12.3. The number of ether oxygens (including phenoxy) is 1. The second kappa shape index (κ2) is 10.5. The van der Waals surface area contributed by atoms with Crippen LogP contribution in [0.3, 0.4) is 0 Å². The van der Waals surface area contributed by atoms with E-state index in [-0.39, 0.29) is 0 Å². The summed E-state index contributed by atoms with van der Waals surface area (Å²) in [6.07, 6.45) is 1.07. The normalized spacial score (nSPS) is 10.9. The van der Waals surface area contributed by atoms with Crippen LogP contribution >= 0.6 is 0 Å². The van der Waals surface area contributed by atoms with Crippen molar-refractivity contribution in [1.29, 1.82) is 0 Å². The molecule has 0 radical (unpaired) electrons. The van der Waals surface area contributed by atoms with E-state index < -0.39 is 0 Å². The Labute approximate surface area is 208 Å². The van der Waals surface area contributed by atoms with Gasteiger partial charge in [0.25, 0.3) is 0 Å². The minimum Gasteiger partial charge on any atom is -0.489 e. The number of benzene rings is 4. The molecule has 174 valence electrons. The minimum atomic E-state index is 0.578. The van der Waals surface area contributed by atoms with E-state index in [1.807, 2.05) is 18.2 Å². The molecule has 0 aliphatic heterocycles. The lowest BCUT2D eigenvalue weighted by Crippen LogP contribution is -2.03. The molecule has 0 atom stereocenters. The van der Waals surface area contributed by atoms with Gasteiger partial charge in [-0.2, -0.15) is 0 Å². The van der Waals surface area contributed by atoms with E-state index in [1.54, 1.807) is 0 Å². The van der Waals surface area contributed by atoms with Crippen LogP contribution < -0.4 is 4.74 Å². The molecule has 0 unspecified atom stereocenters. The van der Waals surface area contributed by atoms with Crippen molar-refractivity contribution in [2.75, 3.05) is 0 Å². The van der Waals surface area contributed by atoms with Crippen LogP contribution in [0.2, 0.25) is 0 Å². The molecule has 0 saturated heterocycles. The molecule has 1 aromatic heterocycles. The molecule has 5 rings (SSSR count). The highest BCUT2D eigenvalue weighted by atomic mass is 16.5. The topological polar surface area (TPSA) is 14.2 Å². The summed E-state index contributed by atoms with van der Waals surface area (Å²) >= 11 is 0. The highest BCUT2D eigenvalue weighted by Crippen LogP contribution is 2.27. The second-order valence-corrected chi connectivity index (χ2v) is 8.99. The standard InChI is InChI=1S/C33H31NO/c1-3-26-10-14-29(15-11-26)30-16-12-27(13-17-30)23-34-25(2)9-22-33(34)31-18-20-32(21-19-31)35-24-28-7-5-4-6-8-28/h4-22H,3,23-24H2,1-2H3. The maximum atomic E-state index is 5.97. The van der Waals surface area contributed by atoms with E-state index >= 15 is 0 Å². The van der Waals surface area contributed by atoms with Crippen LogP contribution in [0.25, 0.3) is 22.4 Å². The number of hydrogen-bond acceptors (Lipinski definition) is 1. The predicted molar refractivity (Wildman–Crippen MR) is 146 cm³/mol. The van der Waals surface area contributed by atoms with Crippen molar-refractivity contribution in [2.45, 2.75) is 33.4 Å². The third-order valence-corrected chi connectivity index (χ3v) is 6.59. The quantitative estimate of drug-likeness (QED) is 0.228. The number of aryl methyl sites for hydroxylation is 2. The molecule has 0 aliphatic rings. The van der Waals surface area contributed by atoms with E-state index in [9.17, 15) is 0 Å². The first-order chi connectivity index (χ1) is 17.2. The van der Waals surface area contributed by atoms with Crippen LogP contribution in [0.15, 0.2) is 115 Å². The van der Waals surface area contributed by atoms with E-state index in [1.165, 1.54) is 44.8 Å². The van der Waals surface area contributed by atoms with E-state index in [4.69, 9.17) is 4.74 Å². The monoisotopic (exact) mass is 457 g/mol. The van der Waals surface area contributed by atoms with Gasteiger partial charge < -0.3 is 9.30 Å². The lowest BCUT2D eigenvalue weighted by Gasteiger charge is -2.14. The lowest BCUT2D eigenvalue weighted by atomic mass is 10.0. The fraction of sp³-hybridized carbons (Fsp3) is 0.152. The van der Waals surface area contributed by atoms with Crippen molar-refractivity contribution in [1.82, 2.24) is 4.57 Å². The average molecular weight is 458 g/mol. The predicted octanol–water partition coefficient (Wildman–Crippen LogP) is 8.32. The molecule has 1 heterocycles. The van der Waals surface area contributed by atoms with Gasteiger partial charge in [-0.05, 0) is 83.1 Å². The van der Waals surface area contributed by atoms with Crippen molar-refractivity contribution in [2.24, 2.45) is 0 Å². The van der Waals surface area contributed by atoms with Gasteiger partial charge >= 0.3 is 0 Å². The maximum absolute atomic E-state index is 5.97. The Hall–Kier alpha value is -4.04. The molecule has 4 aromatic carbocycles. The zero-order valence-corrected chi connectivity index (χ0v) is 20.4. The van der Waals surface area contributed by atoms with Crippen molar-refractivity contribution in [3.63, 3.8) is 0 Å². The Morgan fingerprint density at radius 2 is 1.17 bits per heavy atom. The number of hydrogen-bond donors (Lipinski definition) is 0. The SMILES string of the molecule is CCc1ccc(-c2ccc(Cn3c(C)ccc3-c3ccc(OCc4ccccc4)cc3)cc2)cc1. The number of aromatic nitrogens is 1. The zero-order chi connectivity index (χ0) is 24.0. The summed E-state index contributed by atoms with van der Waals surface area (Å²) in [6, 6.07) is 40.9. The van der Waals surface area contributed by atoms with Crippen molar-refractivity contribution in [3.8, 4) is 28.1 Å². The van der Waals surface area contributed by atoms with Gasteiger partial charge in [-0.1, -0.05) is 85.8 Å². The lowest BCUT2D eigenvalue weighted by molar-refractivity contribution is 0.306. The molecule has 0 fully saturated rings. The van der Waals surface area contributed by atoms with Gasteiger partial charge in [0, 0.05) is 17.9 Å². The fourth-order valence-corrected chi connectivity index (χ4v) is 4.41. The van der Waals surface area contributed by atoms with Crippen LogP contribution in [-0.2, 0) is 19.6 Å². The summed E-state index contributed by atoms with van der Waals surface area (Å²) in [4.78, 5) is 0.